The summed E-state index contributed by atoms with van der Waals surface area (Å²) >= 11 is 6.09. The van der Waals surface area contributed by atoms with Crippen LogP contribution in [0.25, 0.3) is 0 Å². The summed E-state index contributed by atoms with van der Waals surface area (Å²) in [6.07, 6.45) is 4.95. The molecule has 1 atom stereocenters. The van der Waals surface area contributed by atoms with Gasteiger partial charge in [-0.1, -0.05) is 44.7 Å². The van der Waals surface area contributed by atoms with Crippen LogP contribution >= 0.6 is 11.6 Å². The SMILES string of the molecule is CCCCC(CC)COCc1cc(N)ccc1Cl. The Balaban J connectivity index is 2.37. The van der Waals surface area contributed by atoms with Gasteiger partial charge in [-0.25, -0.2) is 0 Å². The van der Waals surface area contributed by atoms with Crippen LogP contribution in [0, 0.1) is 5.92 Å². The lowest BCUT2D eigenvalue weighted by atomic mass is 10.0. The third-order valence-corrected chi connectivity index (χ3v) is 3.59. The Morgan fingerprint density at radius 3 is 2.78 bits per heavy atom. The molecule has 0 bridgehead atoms. The van der Waals surface area contributed by atoms with E-state index >= 15 is 0 Å². The van der Waals surface area contributed by atoms with Gasteiger partial charge in [-0.2, -0.15) is 0 Å². The van der Waals surface area contributed by atoms with Crippen LogP contribution in [0.2, 0.25) is 5.02 Å². The second-order valence-corrected chi connectivity index (χ2v) is 5.19. The van der Waals surface area contributed by atoms with Gasteiger partial charge in [-0.15, -0.1) is 0 Å². The van der Waals surface area contributed by atoms with E-state index in [-0.39, 0.29) is 0 Å². The third-order valence-electron chi connectivity index (χ3n) is 3.22. The summed E-state index contributed by atoms with van der Waals surface area (Å²) in [5, 5.41) is 0.728. The average Bonchev–Trinajstić information content (AvgIpc) is 2.37. The molecule has 0 aliphatic carbocycles. The Labute approximate surface area is 115 Å². The van der Waals surface area contributed by atoms with Gasteiger partial charge in [0.25, 0.3) is 0 Å². The van der Waals surface area contributed by atoms with Crippen molar-refractivity contribution in [3.63, 3.8) is 0 Å². The van der Waals surface area contributed by atoms with E-state index in [1.165, 1.54) is 25.7 Å². The molecule has 0 aliphatic heterocycles. The van der Waals surface area contributed by atoms with Crippen LogP contribution in [0.15, 0.2) is 18.2 Å². The molecule has 0 spiro atoms. The first-order valence-corrected chi connectivity index (χ1v) is 7.16. The van der Waals surface area contributed by atoms with Crippen LogP contribution in [-0.4, -0.2) is 6.61 Å². The second-order valence-electron chi connectivity index (χ2n) is 4.78. The van der Waals surface area contributed by atoms with Crippen LogP contribution in [0.4, 0.5) is 5.69 Å². The average molecular weight is 270 g/mol. The number of halogens is 1. The third kappa shape index (κ3) is 5.28. The van der Waals surface area contributed by atoms with E-state index in [2.05, 4.69) is 13.8 Å². The number of ether oxygens (including phenoxy) is 1. The summed E-state index contributed by atoms with van der Waals surface area (Å²) in [7, 11) is 0. The summed E-state index contributed by atoms with van der Waals surface area (Å²) in [6.45, 7) is 5.80. The van der Waals surface area contributed by atoms with E-state index in [1.807, 2.05) is 18.2 Å². The van der Waals surface area contributed by atoms with Gasteiger partial charge in [0, 0.05) is 17.3 Å². The highest BCUT2D eigenvalue weighted by molar-refractivity contribution is 6.31. The quantitative estimate of drug-likeness (QED) is 0.697. The maximum atomic E-state index is 6.09. The number of rotatable bonds is 8. The molecular formula is C15H24ClNO. The highest BCUT2D eigenvalue weighted by Gasteiger charge is 2.07. The zero-order valence-corrected chi connectivity index (χ0v) is 12.2. The molecule has 2 nitrogen and oxygen atoms in total. The van der Waals surface area contributed by atoms with E-state index in [0.717, 1.165) is 22.9 Å². The molecule has 1 unspecified atom stereocenters. The summed E-state index contributed by atoms with van der Waals surface area (Å²) in [6, 6.07) is 5.52. The highest BCUT2D eigenvalue weighted by Crippen LogP contribution is 2.20. The molecule has 18 heavy (non-hydrogen) atoms. The molecule has 1 rings (SSSR count). The minimum Gasteiger partial charge on any atom is -0.399 e. The summed E-state index contributed by atoms with van der Waals surface area (Å²) < 4.78 is 5.77. The van der Waals surface area contributed by atoms with Gasteiger partial charge in [-0.05, 0) is 36.1 Å². The van der Waals surface area contributed by atoms with Crippen molar-refractivity contribution in [1.82, 2.24) is 0 Å². The number of hydrogen-bond donors (Lipinski definition) is 1. The maximum Gasteiger partial charge on any atom is 0.0732 e. The monoisotopic (exact) mass is 269 g/mol. The van der Waals surface area contributed by atoms with Crippen molar-refractivity contribution in [3.8, 4) is 0 Å². The molecule has 1 aromatic rings. The fraction of sp³-hybridized carbons (Fsp3) is 0.600. The van der Waals surface area contributed by atoms with Crippen LogP contribution in [0.5, 0.6) is 0 Å². The predicted molar refractivity (Wildman–Crippen MR) is 78.8 cm³/mol. The van der Waals surface area contributed by atoms with Crippen molar-refractivity contribution < 1.29 is 4.74 Å². The van der Waals surface area contributed by atoms with Crippen molar-refractivity contribution in [3.05, 3.63) is 28.8 Å². The molecule has 102 valence electrons. The first-order valence-electron chi connectivity index (χ1n) is 6.79. The lowest BCUT2D eigenvalue weighted by Crippen LogP contribution is -2.09. The van der Waals surface area contributed by atoms with Crippen molar-refractivity contribution in [2.75, 3.05) is 12.3 Å². The van der Waals surface area contributed by atoms with Gasteiger partial charge in [0.05, 0.1) is 6.61 Å². The standard InChI is InChI=1S/C15H24ClNO/c1-3-5-6-12(4-2)10-18-11-13-9-14(17)7-8-15(13)16/h7-9,12H,3-6,10-11,17H2,1-2H3. The van der Waals surface area contributed by atoms with Crippen LogP contribution in [0.3, 0.4) is 0 Å². The first-order chi connectivity index (χ1) is 8.67. The molecule has 0 aliphatic rings. The summed E-state index contributed by atoms with van der Waals surface area (Å²) in [5.41, 5.74) is 7.44. The van der Waals surface area contributed by atoms with E-state index in [4.69, 9.17) is 22.1 Å². The van der Waals surface area contributed by atoms with Crippen molar-refractivity contribution in [1.29, 1.82) is 0 Å². The smallest absolute Gasteiger partial charge is 0.0732 e. The van der Waals surface area contributed by atoms with Crippen molar-refractivity contribution >= 4 is 17.3 Å². The Bertz CT molecular complexity index is 354. The normalized spacial score (nSPS) is 12.6. The second kappa shape index (κ2) is 8.39. The molecule has 0 heterocycles. The largest absolute Gasteiger partial charge is 0.399 e. The molecule has 0 saturated heterocycles. The van der Waals surface area contributed by atoms with Crippen molar-refractivity contribution in [2.45, 2.75) is 46.1 Å². The van der Waals surface area contributed by atoms with Gasteiger partial charge < -0.3 is 10.5 Å². The zero-order valence-electron chi connectivity index (χ0n) is 11.4. The Kier molecular flexibility index (Phi) is 7.14. The van der Waals surface area contributed by atoms with E-state index < -0.39 is 0 Å². The fourth-order valence-electron chi connectivity index (χ4n) is 1.94. The molecule has 2 N–H and O–H groups in total. The summed E-state index contributed by atoms with van der Waals surface area (Å²) in [5.74, 6) is 0.657. The molecule has 3 heteroatoms. The molecule has 0 saturated carbocycles. The molecule has 0 aromatic heterocycles. The Hall–Kier alpha value is -0.730. The van der Waals surface area contributed by atoms with E-state index in [9.17, 15) is 0 Å². The van der Waals surface area contributed by atoms with Gasteiger partial charge in [0.1, 0.15) is 0 Å². The van der Waals surface area contributed by atoms with Gasteiger partial charge in [-0.3, -0.25) is 0 Å². The predicted octanol–water partition coefficient (Wildman–Crippen LogP) is 4.66. The minimum absolute atomic E-state index is 0.548. The van der Waals surface area contributed by atoms with E-state index in [0.29, 0.717) is 12.5 Å². The van der Waals surface area contributed by atoms with E-state index in [1.54, 1.807) is 0 Å². The lowest BCUT2D eigenvalue weighted by Gasteiger charge is -2.15. The molecule has 1 aromatic carbocycles. The van der Waals surface area contributed by atoms with Gasteiger partial charge in [0.2, 0.25) is 0 Å². The van der Waals surface area contributed by atoms with Crippen LogP contribution in [0.1, 0.15) is 45.1 Å². The van der Waals surface area contributed by atoms with Crippen molar-refractivity contribution in [2.24, 2.45) is 5.92 Å². The number of unbranched alkanes of at least 4 members (excludes halogenated alkanes) is 1. The molecule has 0 fully saturated rings. The zero-order chi connectivity index (χ0) is 13.4. The van der Waals surface area contributed by atoms with Crippen LogP contribution < -0.4 is 5.73 Å². The highest BCUT2D eigenvalue weighted by atomic mass is 35.5. The maximum absolute atomic E-state index is 6.09. The topological polar surface area (TPSA) is 35.2 Å². The minimum atomic E-state index is 0.548. The number of hydrogen-bond acceptors (Lipinski definition) is 2. The Morgan fingerprint density at radius 1 is 1.33 bits per heavy atom. The number of nitrogen functional groups attached to an aromatic ring is 1. The molecular weight excluding hydrogens is 246 g/mol. The molecule has 0 radical (unpaired) electrons. The Morgan fingerprint density at radius 2 is 2.11 bits per heavy atom. The number of anilines is 1. The number of nitrogens with two attached hydrogens (primary N) is 1. The molecule has 0 amide bonds. The van der Waals surface area contributed by atoms with Gasteiger partial charge in [0.15, 0.2) is 0 Å². The number of benzene rings is 1. The lowest BCUT2D eigenvalue weighted by molar-refractivity contribution is 0.0820. The first kappa shape index (κ1) is 15.3. The fourth-order valence-corrected chi connectivity index (χ4v) is 2.11. The summed E-state index contributed by atoms with van der Waals surface area (Å²) in [4.78, 5) is 0. The van der Waals surface area contributed by atoms with Crippen LogP contribution in [-0.2, 0) is 11.3 Å². The van der Waals surface area contributed by atoms with Gasteiger partial charge >= 0.3 is 0 Å².